The third kappa shape index (κ3) is 17.7. The van der Waals surface area contributed by atoms with Crippen LogP contribution in [0.25, 0.3) is 0 Å². The fourth-order valence-corrected chi connectivity index (χ4v) is 0.419. The standard InChI is InChI=1S/C6H15NO2.C2H6/c1-7-3-4-9-6-5-8-2;1-2/h7H,3-6H2,1-2H3;1-2H3. The van der Waals surface area contributed by atoms with E-state index in [4.69, 9.17) is 9.47 Å². The molecule has 70 valence electrons. The molecule has 0 aliphatic heterocycles. The topological polar surface area (TPSA) is 30.5 Å². The molecule has 0 unspecified atom stereocenters. The zero-order valence-electron chi connectivity index (χ0n) is 8.14. The van der Waals surface area contributed by atoms with E-state index in [1.807, 2.05) is 20.9 Å². The molecule has 3 heteroatoms. The Bertz CT molecular complexity index is 45.4. The monoisotopic (exact) mass is 163 g/mol. The van der Waals surface area contributed by atoms with E-state index >= 15 is 0 Å². The largest absolute Gasteiger partial charge is 0.382 e. The minimum atomic E-state index is 0.684. The van der Waals surface area contributed by atoms with Crippen LogP contribution in [0.5, 0.6) is 0 Å². The van der Waals surface area contributed by atoms with E-state index in [2.05, 4.69) is 5.32 Å². The van der Waals surface area contributed by atoms with Crippen LogP contribution in [-0.4, -0.2) is 40.5 Å². The first-order chi connectivity index (χ1) is 5.41. The van der Waals surface area contributed by atoms with Gasteiger partial charge in [0.05, 0.1) is 19.8 Å². The van der Waals surface area contributed by atoms with Crippen LogP contribution in [0.15, 0.2) is 0 Å². The highest BCUT2D eigenvalue weighted by atomic mass is 16.5. The fraction of sp³-hybridized carbons (Fsp3) is 1.00. The average molecular weight is 163 g/mol. The summed E-state index contributed by atoms with van der Waals surface area (Å²) >= 11 is 0. The van der Waals surface area contributed by atoms with Gasteiger partial charge in [0.2, 0.25) is 0 Å². The molecule has 0 rings (SSSR count). The van der Waals surface area contributed by atoms with Crippen LogP contribution < -0.4 is 5.32 Å². The van der Waals surface area contributed by atoms with Gasteiger partial charge in [-0.3, -0.25) is 0 Å². The SMILES string of the molecule is CC.CNCCOCCOC. The van der Waals surface area contributed by atoms with Crippen molar-refractivity contribution in [3.63, 3.8) is 0 Å². The lowest BCUT2D eigenvalue weighted by molar-refractivity contribution is 0.0726. The molecule has 1 N–H and O–H groups in total. The summed E-state index contributed by atoms with van der Waals surface area (Å²) in [6.07, 6.45) is 0. The molecule has 0 atom stereocenters. The summed E-state index contributed by atoms with van der Waals surface area (Å²) in [4.78, 5) is 0. The first kappa shape index (κ1) is 13.5. The summed E-state index contributed by atoms with van der Waals surface area (Å²) in [6, 6.07) is 0. The van der Waals surface area contributed by atoms with Gasteiger partial charge in [0, 0.05) is 13.7 Å². The number of rotatable bonds is 6. The predicted octanol–water partition coefficient (Wildman–Crippen LogP) is 0.895. The molecule has 11 heavy (non-hydrogen) atoms. The van der Waals surface area contributed by atoms with E-state index in [1.165, 1.54) is 0 Å². The highest BCUT2D eigenvalue weighted by molar-refractivity contribution is 4.34. The minimum absolute atomic E-state index is 0.684. The Hall–Kier alpha value is -0.120. The summed E-state index contributed by atoms with van der Waals surface area (Å²) in [5.41, 5.74) is 0. The van der Waals surface area contributed by atoms with Crippen LogP contribution in [0.3, 0.4) is 0 Å². The van der Waals surface area contributed by atoms with Crippen LogP contribution in [0.4, 0.5) is 0 Å². The number of hydrogen-bond donors (Lipinski definition) is 1. The lowest BCUT2D eigenvalue weighted by Crippen LogP contribution is -2.15. The summed E-state index contributed by atoms with van der Waals surface area (Å²) < 4.78 is 9.90. The fourth-order valence-electron chi connectivity index (χ4n) is 0.419. The number of ether oxygens (including phenoxy) is 2. The molecule has 0 saturated carbocycles. The number of likely N-dealkylation sites (N-methyl/N-ethyl adjacent to an activating group) is 1. The normalized spacial score (nSPS) is 8.73. The molecule has 0 fully saturated rings. The molecule has 0 aromatic rings. The molecule has 0 aromatic heterocycles. The van der Waals surface area contributed by atoms with Crippen molar-refractivity contribution in [3.05, 3.63) is 0 Å². The van der Waals surface area contributed by atoms with Gasteiger partial charge in [-0.15, -0.1) is 0 Å². The molecule has 0 aliphatic carbocycles. The van der Waals surface area contributed by atoms with Crippen molar-refractivity contribution in [1.82, 2.24) is 5.32 Å². The van der Waals surface area contributed by atoms with Crippen molar-refractivity contribution in [1.29, 1.82) is 0 Å². The van der Waals surface area contributed by atoms with E-state index in [1.54, 1.807) is 7.11 Å². The smallest absolute Gasteiger partial charge is 0.0700 e. The Labute approximate surface area is 70.1 Å². The number of methoxy groups -OCH3 is 1. The second-order valence-electron chi connectivity index (χ2n) is 1.71. The maximum atomic E-state index is 5.13. The van der Waals surface area contributed by atoms with Crippen molar-refractivity contribution in [2.75, 3.05) is 40.5 Å². The van der Waals surface area contributed by atoms with Gasteiger partial charge in [-0.1, -0.05) is 13.8 Å². The van der Waals surface area contributed by atoms with Crippen LogP contribution in [0.1, 0.15) is 13.8 Å². The molecule has 0 bridgehead atoms. The van der Waals surface area contributed by atoms with Gasteiger partial charge in [0.15, 0.2) is 0 Å². The molecule has 0 amide bonds. The molecule has 0 spiro atoms. The Balaban J connectivity index is 0. The second kappa shape index (κ2) is 16.5. The van der Waals surface area contributed by atoms with Gasteiger partial charge >= 0.3 is 0 Å². The number of hydrogen-bond acceptors (Lipinski definition) is 3. The van der Waals surface area contributed by atoms with Gasteiger partial charge < -0.3 is 14.8 Å². The minimum Gasteiger partial charge on any atom is -0.382 e. The first-order valence-corrected chi connectivity index (χ1v) is 4.13. The zero-order chi connectivity index (χ0) is 8.95. The molecule has 0 aromatic carbocycles. The van der Waals surface area contributed by atoms with Crippen LogP contribution in [0.2, 0.25) is 0 Å². The lowest BCUT2D eigenvalue weighted by Gasteiger charge is -2.01. The van der Waals surface area contributed by atoms with Gasteiger partial charge in [-0.05, 0) is 7.05 Å². The summed E-state index contributed by atoms with van der Waals surface area (Å²) in [5.74, 6) is 0. The van der Waals surface area contributed by atoms with Gasteiger partial charge in [-0.2, -0.15) is 0 Å². The van der Waals surface area contributed by atoms with Crippen LogP contribution in [0, 0.1) is 0 Å². The van der Waals surface area contributed by atoms with Gasteiger partial charge in [-0.25, -0.2) is 0 Å². The lowest BCUT2D eigenvalue weighted by atomic mass is 10.7. The quantitative estimate of drug-likeness (QED) is 0.590. The van der Waals surface area contributed by atoms with Crippen LogP contribution in [-0.2, 0) is 9.47 Å². The predicted molar refractivity (Wildman–Crippen MR) is 48.0 cm³/mol. The summed E-state index contributed by atoms with van der Waals surface area (Å²) in [6.45, 7) is 7.05. The van der Waals surface area contributed by atoms with Crippen molar-refractivity contribution < 1.29 is 9.47 Å². The molecular weight excluding hydrogens is 142 g/mol. The first-order valence-electron chi connectivity index (χ1n) is 4.13. The third-order valence-electron chi connectivity index (χ3n) is 0.928. The number of nitrogens with one attached hydrogen (secondary N) is 1. The van der Waals surface area contributed by atoms with Gasteiger partial charge in [0.25, 0.3) is 0 Å². The Morgan fingerprint density at radius 2 is 1.73 bits per heavy atom. The molecule has 3 nitrogen and oxygen atoms in total. The van der Waals surface area contributed by atoms with Gasteiger partial charge in [0.1, 0.15) is 0 Å². The van der Waals surface area contributed by atoms with Crippen molar-refractivity contribution in [2.24, 2.45) is 0 Å². The van der Waals surface area contributed by atoms with Crippen molar-refractivity contribution in [3.8, 4) is 0 Å². The Morgan fingerprint density at radius 1 is 1.09 bits per heavy atom. The molecule has 0 aliphatic rings. The summed E-state index contributed by atoms with van der Waals surface area (Å²) in [5, 5.41) is 2.98. The molecule has 0 heterocycles. The second-order valence-corrected chi connectivity index (χ2v) is 1.71. The summed E-state index contributed by atoms with van der Waals surface area (Å²) in [7, 11) is 3.57. The average Bonchev–Trinajstić information content (AvgIpc) is 2.08. The van der Waals surface area contributed by atoms with Crippen LogP contribution >= 0.6 is 0 Å². The highest BCUT2D eigenvalue weighted by Gasteiger charge is 1.83. The maximum Gasteiger partial charge on any atom is 0.0700 e. The molecular formula is C8H21NO2. The van der Waals surface area contributed by atoms with Crippen molar-refractivity contribution >= 4 is 0 Å². The van der Waals surface area contributed by atoms with E-state index < -0.39 is 0 Å². The zero-order valence-corrected chi connectivity index (χ0v) is 8.14. The molecule has 0 radical (unpaired) electrons. The van der Waals surface area contributed by atoms with E-state index in [0.29, 0.717) is 13.2 Å². The highest BCUT2D eigenvalue weighted by Crippen LogP contribution is 1.72. The van der Waals surface area contributed by atoms with E-state index in [-0.39, 0.29) is 0 Å². The van der Waals surface area contributed by atoms with E-state index in [0.717, 1.165) is 13.2 Å². The van der Waals surface area contributed by atoms with Crippen molar-refractivity contribution in [2.45, 2.75) is 13.8 Å². The third-order valence-corrected chi connectivity index (χ3v) is 0.928. The Morgan fingerprint density at radius 3 is 2.18 bits per heavy atom. The Kier molecular flexibility index (Phi) is 20.2. The van der Waals surface area contributed by atoms with E-state index in [9.17, 15) is 0 Å². The molecule has 0 saturated heterocycles. The maximum absolute atomic E-state index is 5.13.